The first kappa shape index (κ1) is 27.1. The Hall–Kier alpha value is -0.943. The summed E-state index contributed by atoms with van der Waals surface area (Å²) in [7, 11) is -1.78. The fourth-order valence-electron chi connectivity index (χ4n) is 8.32. The fourth-order valence-corrected chi connectivity index (χ4v) is 9.71. The molecule has 0 heterocycles. The van der Waals surface area contributed by atoms with Gasteiger partial charge in [0.25, 0.3) is 0 Å². The molecule has 0 aromatic carbocycles. The number of hydrogen-bond donors (Lipinski definition) is 0. The molecule has 198 valence electrons. The lowest BCUT2D eigenvalue weighted by atomic mass is 9.47. The summed E-state index contributed by atoms with van der Waals surface area (Å²) in [4.78, 5) is 12.3. The van der Waals surface area contributed by atoms with Crippen LogP contribution in [0.2, 0.25) is 18.1 Å². The Morgan fingerprint density at radius 2 is 1.80 bits per heavy atom. The largest absolute Gasteiger partial charge is 0.461 e. The van der Waals surface area contributed by atoms with Crippen LogP contribution in [0.15, 0.2) is 23.0 Å². The van der Waals surface area contributed by atoms with Crippen molar-refractivity contribution in [2.75, 3.05) is 6.61 Å². The first-order valence-corrected chi connectivity index (χ1v) is 17.0. The molecule has 4 rings (SSSR count). The third-order valence-electron chi connectivity index (χ3n) is 11.1. The predicted octanol–water partition coefficient (Wildman–Crippen LogP) is 8.37. The standard InChI is InChI=1S/C30H49FO3Si/c1-10-33-27(32)26(31)24-17-19(2)25-22-12-11-20-18-21(34-35(8,9)28(3,4)5)13-15-29(20,6)23(22)14-16-30(24,25)7/h11,19,21-23,25H,10,12-18H2,1-9H3/t19-,21-,22+,23-,25-,29-,30+/m0/s1. The van der Waals surface area contributed by atoms with E-state index in [-0.39, 0.29) is 22.5 Å². The van der Waals surface area contributed by atoms with Gasteiger partial charge in [-0.15, -0.1) is 0 Å². The van der Waals surface area contributed by atoms with E-state index in [1.165, 1.54) is 6.42 Å². The highest BCUT2D eigenvalue weighted by molar-refractivity contribution is 6.74. The Bertz CT molecular complexity index is 915. The number of fused-ring (bicyclic) bond motifs is 5. The second kappa shape index (κ2) is 9.11. The molecular formula is C30H49FO3Si. The molecule has 0 bridgehead atoms. The zero-order valence-electron chi connectivity index (χ0n) is 23.7. The van der Waals surface area contributed by atoms with Crippen LogP contribution in [0.4, 0.5) is 4.39 Å². The molecule has 4 aliphatic rings. The highest BCUT2D eigenvalue weighted by Crippen LogP contribution is 2.68. The maximum absolute atomic E-state index is 15.3. The van der Waals surface area contributed by atoms with E-state index in [1.54, 1.807) is 12.5 Å². The highest BCUT2D eigenvalue weighted by atomic mass is 28.4. The Labute approximate surface area is 214 Å². The molecule has 3 nitrogen and oxygen atoms in total. The van der Waals surface area contributed by atoms with Gasteiger partial charge in [0.2, 0.25) is 5.83 Å². The summed E-state index contributed by atoms with van der Waals surface area (Å²) in [5, 5.41) is 0.232. The SMILES string of the molecule is CCOC(=O)C(F)=C1C[C@H](C)[C@H]2[C@@H]3CC=C4C[C@@H](O[Si](C)(C)C(C)(C)C)CC[C@]4(C)[C@H]3CC[C@]12C. The second-order valence-corrected chi connectivity index (χ2v) is 18.8. The van der Waals surface area contributed by atoms with Crippen molar-refractivity contribution in [1.29, 1.82) is 0 Å². The first-order chi connectivity index (χ1) is 16.2. The summed E-state index contributed by atoms with van der Waals surface area (Å²) >= 11 is 0. The van der Waals surface area contributed by atoms with Crippen molar-refractivity contribution >= 4 is 14.3 Å². The normalized spacial score (nSPS) is 40.9. The van der Waals surface area contributed by atoms with Crippen LogP contribution in [0.1, 0.15) is 93.4 Å². The Morgan fingerprint density at radius 3 is 2.43 bits per heavy atom. The summed E-state index contributed by atoms with van der Waals surface area (Å²) in [5.41, 5.74) is 2.35. The molecule has 0 aromatic rings. The monoisotopic (exact) mass is 504 g/mol. The zero-order chi connectivity index (χ0) is 26.0. The number of rotatable bonds is 4. The van der Waals surface area contributed by atoms with Crippen molar-refractivity contribution in [3.05, 3.63) is 23.0 Å². The molecule has 0 unspecified atom stereocenters. The van der Waals surface area contributed by atoms with Crippen LogP contribution in [-0.2, 0) is 14.0 Å². The molecule has 0 radical (unpaired) electrons. The molecule has 5 heteroatoms. The maximum atomic E-state index is 15.3. The number of carbonyl (C=O) groups is 1. The van der Waals surface area contributed by atoms with Gasteiger partial charge < -0.3 is 9.16 Å². The average molecular weight is 505 g/mol. The topological polar surface area (TPSA) is 35.5 Å². The number of halogens is 1. The number of carbonyl (C=O) groups excluding carboxylic acids is 1. The molecule has 0 amide bonds. The predicted molar refractivity (Wildman–Crippen MR) is 143 cm³/mol. The van der Waals surface area contributed by atoms with Crippen LogP contribution < -0.4 is 0 Å². The van der Waals surface area contributed by atoms with Gasteiger partial charge in [-0.3, -0.25) is 0 Å². The quantitative estimate of drug-likeness (QED) is 0.167. The third kappa shape index (κ3) is 4.41. The molecule has 0 saturated heterocycles. The molecule has 7 atom stereocenters. The lowest BCUT2D eigenvalue weighted by molar-refractivity contribution is -0.140. The van der Waals surface area contributed by atoms with Gasteiger partial charge in [0.15, 0.2) is 8.32 Å². The van der Waals surface area contributed by atoms with Gasteiger partial charge in [0.1, 0.15) is 0 Å². The van der Waals surface area contributed by atoms with Gasteiger partial charge in [0.05, 0.1) is 6.61 Å². The van der Waals surface area contributed by atoms with Crippen LogP contribution in [0.5, 0.6) is 0 Å². The Balaban J connectivity index is 1.58. The number of ether oxygens (including phenoxy) is 1. The van der Waals surface area contributed by atoms with Gasteiger partial charge in [-0.25, -0.2) is 4.79 Å². The van der Waals surface area contributed by atoms with Crippen LogP contribution in [-0.4, -0.2) is 27.0 Å². The van der Waals surface area contributed by atoms with Crippen molar-refractivity contribution in [2.45, 2.75) is 118 Å². The molecule has 0 aliphatic heterocycles. The molecule has 3 fully saturated rings. The van der Waals surface area contributed by atoms with Gasteiger partial charge >= 0.3 is 5.97 Å². The fraction of sp³-hybridized carbons (Fsp3) is 0.833. The third-order valence-corrected chi connectivity index (χ3v) is 15.7. The van der Waals surface area contributed by atoms with Crippen molar-refractivity contribution in [1.82, 2.24) is 0 Å². The van der Waals surface area contributed by atoms with Crippen LogP contribution in [0.3, 0.4) is 0 Å². The number of esters is 1. The zero-order valence-corrected chi connectivity index (χ0v) is 24.7. The van der Waals surface area contributed by atoms with Gasteiger partial charge in [-0.1, -0.05) is 53.2 Å². The van der Waals surface area contributed by atoms with E-state index < -0.39 is 20.1 Å². The molecule has 0 aromatic heterocycles. The van der Waals surface area contributed by atoms with E-state index in [9.17, 15) is 4.79 Å². The molecular weight excluding hydrogens is 455 g/mol. The lowest BCUT2D eigenvalue weighted by Crippen LogP contribution is -2.52. The summed E-state index contributed by atoms with van der Waals surface area (Å²) < 4.78 is 27.2. The molecule has 0 spiro atoms. The minimum atomic E-state index is -1.78. The average Bonchev–Trinajstić information content (AvgIpc) is 3.03. The van der Waals surface area contributed by atoms with E-state index >= 15 is 4.39 Å². The first-order valence-electron chi connectivity index (χ1n) is 14.1. The number of hydrogen-bond acceptors (Lipinski definition) is 3. The van der Waals surface area contributed by atoms with E-state index in [0.29, 0.717) is 36.2 Å². The van der Waals surface area contributed by atoms with Gasteiger partial charge in [-0.05, 0) is 110 Å². The second-order valence-electron chi connectivity index (χ2n) is 14.1. The van der Waals surface area contributed by atoms with E-state index in [2.05, 4.69) is 60.7 Å². The smallest absolute Gasteiger partial charge is 0.367 e. The van der Waals surface area contributed by atoms with Gasteiger partial charge in [0, 0.05) is 6.10 Å². The molecule has 0 N–H and O–H groups in total. The van der Waals surface area contributed by atoms with Crippen molar-refractivity contribution < 1.29 is 18.3 Å². The number of allylic oxidation sites excluding steroid dienone is 2. The van der Waals surface area contributed by atoms with E-state index in [0.717, 1.165) is 37.7 Å². The molecule has 4 aliphatic carbocycles. The summed E-state index contributed by atoms with van der Waals surface area (Å²) in [6, 6.07) is 0. The van der Waals surface area contributed by atoms with Crippen LogP contribution >= 0.6 is 0 Å². The summed E-state index contributed by atoms with van der Waals surface area (Å²) in [6.45, 7) is 20.7. The maximum Gasteiger partial charge on any atom is 0.367 e. The van der Waals surface area contributed by atoms with Gasteiger partial charge in [-0.2, -0.15) is 4.39 Å². The summed E-state index contributed by atoms with van der Waals surface area (Å²) in [5.74, 6) is 0.636. The van der Waals surface area contributed by atoms with E-state index in [4.69, 9.17) is 9.16 Å². The van der Waals surface area contributed by atoms with Crippen LogP contribution in [0.25, 0.3) is 0 Å². The molecule has 3 saturated carbocycles. The summed E-state index contributed by atoms with van der Waals surface area (Å²) in [6.07, 6.45) is 10.2. The van der Waals surface area contributed by atoms with Crippen molar-refractivity contribution in [3.8, 4) is 0 Å². The highest BCUT2D eigenvalue weighted by Gasteiger charge is 2.60. The lowest BCUT2D eigenvalue weighted by Gasteiger charge is -2.58. The van der Waals surface area contributed by atoms with Crippen LogP contribution in [0, 0.1) is 34.5 Å². The minimum absolute atomic E-state index is 0.214. The van der Waals surface area contributed by atoms with E-state index in [1.807, 2.05) is 0 Å². The Morgan fingerprint density at radius 1 is 1.14 bits per heavy atom. The van der Waals surface area contributed by atoms with Crippen molar-refractivity contribution in [2.24, 2.45) is 34.5 Å². The minimum Gasteiger partial charge on any atom is -0.461 e. The Kier molecular flexibility index (Phi) is 7.06. The van der Waals surface area contributed by atoms with Crippen molar-refractivity contribution in [3.63, 3.8) is 0 Å². The molecule has 35 heavy (non-hydrogen) atoms.